The molecule has 0 aliphatic rings. The van der Waals surface area contributed by atoms with Crippen molar-refractivity contribution in [2.24, 2.45) is 0 Å². The van der Waals surface area contributed by atoms with Crippen LogP contribution in [0.1, 0.15) is 28.7 Å². The van der Waals surface area contributed by atoms with Crippen molar-refractivity contribution in [1.29, 1.82) is 0 Å². The third-order valence-corrected chi connectivity index (χ3v) is 6.23. The third-order valence-electron chi connectivity index (χ3n) is 5.40. The van der Waals surface area contributed by atoms with E-state index in [2.05, 4.69) is 32.3 Å². The van der Waals surface area contributed by atoms with Gasteiger partial charge in [-0.15, -0.1) is 10.2 Å². The zero-order chi connectivity index (χ0) is 21.3. The number of Topliss-reactive ketones (excluding diaryl/α,β-unsaturated/α-hetero) is 1. The predicted molar refractivity (Wildman–Crippen MR) is 119 cm³/mol. The fourth-order valence-corrected chi connectivity index (χ4v) is 4.55. The van der Waals surface area contributed by atoms with E-state index in [4.69, 9.17) is 9.72 Å². The molecule has 0 radical (unpaired) electrons. The smallest absolute Gasteiger partial charge is 0.211 e. The molecule has 0 amide bonds. The second kappa shape index (κ2) is 8.57. The van der Waals surface area contributed by atoms with Gasteiger partial charge in [0.25, 0.3) is 0 Å². The highest BCUT2D eigenvalue weighted by Crippen LogP contribution is 2.27. The molecule has 8 heteroatoms. The Hall–Kier alpha value is -2.71. The summed E-state index contributed by atoms with van der Waals surface area (Å²) in [5.74, 6) is 0.338. The van der Waals surface area contributed by atoms with E-state index < -0.39 is 0 Å². The molecule has 4 rings (SSSR count). The van der Waals surface area contributed by atoms with Crippen LogP contribution >= 0.6 is 11.8 Å². The van der Waals surface area contributed by atoms with Crippen LogP contribution in [0.5, 0.6) is 0 Å². The molecule has 0 atom stereocenters. The first-order valence-electron chi connectivity index (χ1n) is 9.98. The molecule has 3 heterocycles. The fourth-order valence-electron chi connectivity index (χ4n) is 3.89. The summed E-state index contributed by atoms with van der Waals surface area (Å²) >= 11 is 1.33. The number of aromatic nitrogens is 5. The van der Waals surface area contributed by atoms with Crippen molar-refractivity contribution in [3.63, 3.8) is 0 Å². The Morgan fingerprint density at radius 1 is 1.17 bits per heavy atom. The standard InChI is InChI=1S/C22H25N5O2S/c1-5-26-18-9-7-6-8-16(18)20-21(26)23-22(25-24-20)30-13-19(28)17-12-14(2)27(15(17)3)10-11-29-4/h6-9,12H,5,10-11,13H2,1-4H3. The minimum absolute atomic E-state index is 0.0662. The zero-order valence-corrected chi connectivity index (χ0v) is 18.5. The zero-order valence-electron chi connectivity index (χ0n) is 17.7. The Kier molecular flexibility index (Phi) is 5.87. The van der Waals surface area contributed by atoms with Gasteiger partial charge < -0.3 is 13.9 Å². The maximum atomic E-state index is 12.9. The molecule has 0 aliphatic heterocycles. The summed E-state index contributed by atoms with van der Waals surface area (Å²) in [4.78, 5) is 17.6. The van der Waals surface area contributed by atoms with Gasteiger partial charge in [-0.2, -0.15) is 0 Å². The van der Waals surface area contributed by atoms with Crippen LogP contribution < -0.4 is 0 Å². The number of carbonyl (C=O) groups excluding carboxylic acids is 1. The van der Waals surface area contributed by atoms with E-state index >= 15 is 0 Å². The molecule has 0 fully saturated rings. The topological polar surface area (TPSA) is 74.8 Å². The fraction of sp³-hybridized carbons (Fsp3) is 0.364. The molecule has 7 nitrogen and oxygen atoms in total. The summed E-state index contributed by atoms with van der Waals surface area (Å²) in [6.07, 6.45) is 0. The largest absolute Gasteiger partial charge is 0.383 e. The highest BCUT2D eigenvalue weighted by molar-refractivity contribution is 7.99. The van der Waals surface area contributed by atoms with Crippen molar-refractivity contribution in [2.75, 3.05) is 19.5 Å². The number of rotatable bonds is 8. The number of ether oxygens (including phenoxy) is 1. The first-order chi connectivity index (χ1) is 14.5. The summed E-state index contributed by atoms with van der Waals surface area (Å²) in [5, 5.41) is 10.2. The van der Waals surface area contributed by atoms with E-state index in [-0.39, 0.29) is 11.5 Å². The minimum atomic E-state index is 0.0662. The molecule has 1 aromatic carbocycles. The van der Waals surface area contributed by atoms with Gasteiger partial charge in [0.1, 0.15) is 5.52 Å². The van der Waals surface area contributed by atoms with Crippen molar-refractivity contribution in [2.45, 2.75) is 39.0 Å². The van der Waals surface area contributed by atoms with Crippen molar-refractivity contribution in [3.8, 4) is 0 Å². The Morgan fingerprint density at radius 2 is 1.97 bits per heavy atom. The second-order valence-corrected chi connectivity index (χ2v) is 8.11. The van der Waals surface area contributed by atoms with Crippen LogP contribution in [0.4, 0.5) is 0 Å². The van der Waals surface area contributed by atoms with Gasteiger partial charge >= 0.3 is 0 Å². The van der Waals surface area contributed by atoms with E-state index in [1.165, 1.54) is 11.8 Å². The van der Waals surface area contributed by atoms with Gasteiger partial charge in [-0.05, 0) is 32.9 Å². The first-order valence-corrected chi connectivity index (χ1v) is 11.0. The first kappa shape index (κ1) is 20.6. The van der Waals surface area contributed by atoms with Crippen molar-refractivity contribution < 1.29 is 9.53 Å². The molecule has 4 aromatic rings. The van der Waals surface area contributed by atoms with Crippen LogP contribution in [-0.2, 0) is 17.8 Å². The number of para-hydroxylation sites is 1. The van der Waals surface area contributed by atoms with Crippen LogP contribution in [0.25, 0.3) is 22.1 Å². The summed E-state index contributed by atoms with van der Waals surface area (Å²) in [6, 6.07) is 10.1. The molecule has 0 bridgehead atoms. The van der Waals surface area contributed by atoms with Crippen LogP contribution in [0.3, 0.4) is 0 Å². The summed E-state index contributed by atoms with van der Waals surface area (Å²) in [7, 11) is 1.68. The molecule has 0 aliphatic carbocycles. The maximum Gasteiger partial charge on any atom is 0.211 e. The monoisotopic (exact) mass is 423 g/mol. The molecule has 0 saturated carbocycles. The second-order valence-electron chi connectivity index (χ2n) is 7.17. The number of hydrogen-bond donors (Lipinski definition) is 0. The normalized spacial score (nSPS) is 11.6. The van der Waals surface area contributed by atoms with Gasteiger partial charge in [0.15, 0.2) is 11.4 Å². The third kappa shape index (κ3) is 3.61. The molecular formula is C22H25N5O2S. The molecule has 156 valence electrons. The Bertz CT molecular complexity index is 1230. The van der Waals surface area contributed by atoms with E-state index in [1.54, 1.807) is 7.11 Å². The van der Waals surface area contributed by atoms with E-state index in [0.717, 1.165) is 52.1 Å². The van der Waals surface area contributed by atoms with Crippen LogP contribution in [0.2, 0.25) is 0 Å². The molecule has 0 spiro atoms. The molecule has 0 N–H and O–H groups in total. The number of carbonyl (C=O) groups is 1. The SMILES string of the molecule is CCn1c2ccccc2c2nnc(SCC(=O)c3cc(C)n(CCOC)c3C)nc21. The van der Waals surface area contributed by atoms with Crippen molar-refractivity contribution >= 4 is 39.6 Å². The van der Waals surface area contributed by atoms with Gasteiger partial charge in [-0.1, -0.05) is 30.0 Å². The molecule has 3 aromatic heterocycles. The van der Waals surface area contributed by atoms with E-state index in [1.807, 2.05) is 38.1 Å². The highest BCUT2D eigenvalue weighted by atomic mass is 32.2. The molecule has 0 saturated heterocycles. The van der Waals surface area contributed by atoms with Gasteiger partial charge in [-0.25, -0.2) is 4.98 Å². The number of aryl methyl sites for hydroxylation is 2. The lowest BCUT2D eigenvalue weighted by molar-refractivity contribution is 0.102. The lowest BCUT2D eigenvalue weighted by atomic mass is 10.2. The van der Waals surface area contributed by atoms with Crippen LogP contribution in [0.15, 0.2) is 35.5 Å². The van der Waals surface area contributed by atoms with Crippen LogP contribution in [0, 0.1) is 13.8 Å². The number of thioether (sulfide) groups is 1. The number of hydrogen-bond acceptors (Lipinski definition) is 6. The van der Waals surface area contributed by atoms with E-state index in [9.17, 15) is 4.79 Å². The number of ketones is 1. The lowest BCUT2D eigenvalue weighted by Gasteiger charge is -2.08. The number of fused-ring (bicyclic) bond motifs is 3. The number of methoxy groups -OCH3 is 1. The van der Waals surface area contributed by atoms with E-state index in [0.29, 0.717) is 11.8 Å². The summed E-state index contributed by atoms with van der Waals surface area (Å²) in [5.41, 5.74) is 5.47. The summed E-state index contributed by atoms with van der Waals surface area (Å²) in [6.45, 7) is 8.22. The molecule has 30 heavy (non-hydrogen) atoms. The summed E-state index contributed by atoms with van der Waals surface area (Å²) < 4.78 is 9.42. The van der Waals surface area contributed by atoms with Crippen molar-refractivity contribution in [1.82, 2.24) is 24.3 Å². The maximum absolute atomic E-state index is 12.9. The Balaban J connectivity index is 1.57. The molecule has 0 unspecified atom stereocenters. The van der Waals surface area contributed by atoms with Gasteiger partial charge in [0, 0.05) is 42.5 Å². The Morgan fingerprint density at radius 3 is 2.73 bits per heavy atom. The minimum Gasteiger partial charge on any atom is -0.383 e. The lowest BCUT2D eigenvalue weighted by Crippen LogP contribution is -2.10. The highest BCUT2D eigenvalue weighted by Gasteiger charge is 2.18. The number of benzene rings is 1. The number of nitrogens with zero attached hydrogens (tertiary/aromatic N) is 5. The average Bonchev–Trinajstić information content (AvgIpc) is 3.23. The molecular weight excluding hydrogens is 398 g/mol. The van der Waals surface area contributed by atoms with Gasteiger partial charge in [0.2, 0.25) is 5.16 Å². The average molecular weight is 424 g/mol. The van der Waals surface area contributed by atoms with Crippen molar-refractivity contribution in [3.05, 3.63) is 47.3 Å². The van der Waals surface area contributed by atoms with Gasteiger partial charge in [-0.3, -0.25) is 4.79 Å². The predicted octanol–water partition coefficient (Wildman–Crippen LogP) is 4.04. The quantitative estimate of drug-likeness (QED) is 0.315. The van der Waals surface area contributed by atoms with Crippen LogP contribution in [-0.4, -0.2) is 49.6 Å². The Labute approximate surface area is 179 Å². The van der Waals surface area contributed by atoms with Gasteiger partial charge in [0.05, 0.1) is 17.9 Å².